The number of rotatable bonds is 4. The van der Waals surface area contributed by atoms with Crippen LogP contribution in [0.1, 0.15) is 41.7 Å². The fourth-order valence-corrected chi connectivity index (χ4v) is 3.11. The molecule has 0 saturated heterocycles. The van der Waals surface area contributed by atoms with E-state index in [1.165, 1.54) is 22.8 Å². The molecule has 27 heavy (non-hydrogen) atoms. The minimum atomic E-state index is -0.687. The Balaban J connectivity index is 1.93. The molecular weight excluding hydrogens is 351 g/mol. The summed E-state index contributed by atoms with van der Waals surface area (Å²) in [4.78, 5) is 44.1. The van der Waals surface area contributed by atoms with Gasteiger partial charge in [-0.25, -0.2) is 14.2 Å². The van der Waals surface area contributed by atoms with Crippen LogP contribution in [0, 0.1) is 5.82 Å². The van der Waals surface area contributed by atoms with Crippen molar-refractivity contribution in [3.05, 3.63) is 68.2 Å². The Morgan fingerprint density at radius 3 is 2.74 bits per heavy atom. The van der Waals surface area contributed by atoms with Gasteiger partial charge in [0.05, 0.1) is 16.6 Å². The Bertz CT molecular complexity index is 1180. The van der Waals surface area contributed by atoms with Gasteiger partial charge in [0.1, 0.15) is 5.82 Å². The molecule has 7 nitrogen and oxygen atoms in total. The number of nitrogens with zero attached hydrogens (tertiary/aromatic N) is 2. The minimum absolute atomic E-state index is 0.0145. The topological polar surface area (TPSA) is 96.9 Å². The molecule has 0 spiro atoms. The lowest BCUT2D eigenvalue weighted by atomic mass is 10.1. The lowest BCUT2D eigenvalue weighted by Crippen LogP contribution is -2.32. The fourth-order valence-electron chi connectivity index (χ4n) is 3.11. The van der Waals surface area contributed by atoms with Gasteiger partial charge in [-0.3, -0.25) is 19.1 Å². The van der Waals surface area contributed by atoms with Gasteiger partial charge >= 0.3 is 5.69 Å². The van der Waals surface area contributed by atoms with Crippen LogP contribution >= 0.6 is 0 Å². The number of aromatic amines is 1. The monoisotopic (exact) mass is 368 g/mol. The number of hydrogen-bond acceptors (Lipinski definition) is 4. The summed E-state index contributed by atoms with van der Waals surface area (Å²) in [5.74, 6) is -0.999. The lowest BCUT2D eigenvalue weighted by molar-refractivity contribution is 0.102. The Kier molecular flexibility index (Phi) is 4.10. The summed E-state index contributed by atoms with van der Waals surface area (Å²) in [5, 5.41) is 2.53. The van der Waals surface area contributed by atoms with E-state index in [0.717, 1.165) is 12.8 Å². The van der Waals surface area contributed by atoms with E-state index in [9.17, 15) is 18.8 Å². The molecule has 0 bridgehead atoms. The van der Waals surface area contributed by atoms with Crippen molar-refractivity contribution in [1.29, 1.82) is 0 Å². The molecule has 2 aromatic heterocycles. The third-order valence-corrected chi connectivity index (χ3v) is 4.65. The Morgan fingerprint density at radius 2 is 2.07 bits per heavy atom. The number of anilines is 1. The number of carbonyl (C=O) groups excluding carboxylic acids is 1. The van der Waals surface area contributed by atoms with E-state index in [1.807, 2.05) is 0 Å². The Hall–Kier alpha value is -3.29. The van der Waals surface area contributed by atoms with Crippen molar-refractivity contribution in [2.75, 3.05) is 5.32 Å². The van der Waals surface area contributed by atoms with Crippen molar-refractivity contribution in [3.63, 3.8) is 0 Å². The number of hydrogen-bond donors (Lipinski definition) is 2. The molecule has 1 aliphatic rings. The zero-order valence-corrected chi connectivity index (χ0v) is 14.6. The molecule has 0 aliphatic heterocycles. The third kappa shape index (κ3) is 3.03. The number of H-pyrrole nitrogens is 1. The normalized spacial score (nSPS) is 13.7. The Morgan fingerprint density at radius 1 is 1.33 bits per heavy atom. The van der Waals surface area contributed by atoms with Crippen molar-refractivity contribution >= 4 is 22.6 Å². The van der Waals surface area contributed by atoms with Crippen molar-refractivity contribution in [2.24, 2.45) is 0 Å². The van der Waals surface area contributed by atoms with Gasteiger partial charge in [-0.15, -0.1) is 0 Å². The summed E-state index contributed by atoms with van der Waals surface area (Å²) in [6.45, 7) is 2.05. The number of aromatic nitrogens is 3. The molecular formula is C19H17FN4O3. The molecule has 1 aromatic carbocycles. The van der Waals surface area contributed by atoms with Crippen LogP contribution in [-0.2, 0) is 6.54 Å². The van der Waals surface area contributed by atoms with E-state index in [4.69, 9.17) is 0 Å². The highest BCUT2D eigenvalue weighted by atomic mass is 19.1. The molecule has 0 unspecified atom stereocenters. The smallest absolute Gasteiger partial charge is 0.319 e. The van der Waals surface area contributed by atoms with E-state index in [1.54, 1.807) is 19.1 Å². The predicted molar refractivity (Wildman–Crippen MR) is 98.6 cm³/mol. The summed E-state index contributed by atoms with van der Waals surface area (Å²) in [5.41, 5.74) is -0.332. The van der Waals surface area contributed by atoms with Gasteiger partial charge in [-0.1, -0.05) is 12.1 Å². The highest BCUT2D eigenvalue weighted by Crippen LogP contribution is 2.40. The second-order valence-electron chi connectivity index (χ2n) is 6.51. The second kappa shape index (κ2) is 6.46. The van der Waals surface area contributed by atoms with E-state index >= 15 is 0 Å². The van der Waals surface area contributed by atoms with Crippen LogP contribution in [0.25, 0.3) is 11.0 Å². The SMILES string of the molecule is CCn1c(=O)[nH]c(=O)c2c(C(=O)Nc3ccccc3F)cc(C3CC3)nc21. The van der Waals surface area contributed by atoms with Gasteiger partial charge in [0, 0.05) is 18.2 Å². The van der Waals surface area contributed by atoms with E-state index < -0.39 is 23.0 Å². The summed E-state index contributed by atoms with van der Waals surface area (Å²) in [7, 11) is 0. The number of benzene rings is 1. The van der Waals surface area contributed by atoms with Gasteiger partial charge in [-0.05, 0) is 38.0 Å². The van der Waals surface area contributed by atoms with Gasteiger partial charge in [-0.2, -0.15) is 0 Å². The molecule has 1 aliphatic carbocycles. The average Bonchev–Trinajstić information content (AvgIpc) is 3.48. The van der Waals surface area contributed by atoms with Gasteiger partial charge in [0.25, 0.3) is 11.5 Å². The molecule has 1 fully saturated rings. The first-order valence-electron chi connectivity index (χ1n) is 8.73. The molecule has 138 valence electrons. The molecule has 3 aromatic rings. The summed E-state index contributed by atoms with van der Waals surface area (Å²) in [6.07, 6.45) is 1.87. The number of carbonyl (C=O) groups is 1. The number of fused-ring (bicyclic) bond motifs is 1. The van der Waals surface area contributed by atoms with Crippen LogP contribution in [0.5, 0.6) is 0 Å². The quantitative estimate of drug-likeness (QED) is 0.739. The molecule has 0 radical (unpaired) electrons. The molecule has 1 saturated carbocycles. The number of aryl methyl sites for hydroxylation is 1. The molecule has 1 amide bonds. The first-order valence-corrected chi connectivity index (χ1v) is 8.73. The van der Waals surface area contributed by atoms with E-state index in [-0.39, 0.29) is 28.2 Å². The molecule has 8 heteroatoms. The first kappa shape index (κ1) is 17.1. The maximum atomic E-state index is 13.9. The first-order chi connectivity index (χ1) is 13.0. The van der Waals surface area contributed by atoms with Crippen LogP contribution in [0.15, 0.2) is 39.9 Å². The standard InChI is InChI=1S/C19H17FN4O3/c1-2-24-16-15(18(26)23-19(24)27)11(9-14(21-16)10-7-8-10)17(25)22-13-6-4-3-5-12(13)20/h3-6,9-10H,2,7-8H2,1H3,(H,22,25)(H,23,26,27). The molecule has 0 atom stereocenters. The zero-order chi connectivity index (χ0) is 19.1. The van der Waals surface area contributed by atoms with Crippen molar-refractivity contribution < 1.29 is 9.18 Å². The number of nitrogens with one attached hydrogen (secondary N) is 2. The second-order valence-corrected chi connectivity index (χ2v) is 6.51. The van der Waals surface area contributed by atoms with Gasteiger partial charge in [0.15, 0.2) is 5.65 Å². The highest BCUT2D eigenvalue weighted by molar-refractivity contribution is 6.11. The van der Waals surface area contributed by atoms with Crippen molar-refractivity contribution in [2.45, 2.75) is 32.2 Å². The van der Waals surface area contributed by atoms with Crippen molar-refractivity contribution in [3.8, 4) is 0 Å². The summed E-state index contributed by atoms with van der Waals surface area (Å²) < 4.78 is 15.2. The predicted octanol–water partition coefficient (Wildman–Crippen LogP) is 2.37. The third-order valence-electron chi connectivity index (χ3n) is 4.65. The molecule has 4 rings (SSSR count). The highest BCUT2D eigenvalue weighted by Gasteiger charge is 2.28. The minimum Gasteiger partial charge on any atom is -0.319 e. The maximum absolute atomic E-state index is 13.9. The van der Waals surface area contributed by atoms with Gasteiger partial charge < -0.3 is 5.32 Å². The lowest BCUT2D eigenvalue weighted by Gasteiger charge is -2.12. The number of para-hydroxylation sites is 1. The summed E-state index contributed by atoms with van der Waals surface area (Å²) >= 11 is 0. The largest absolute Gasteiger partial charge is 0.329 e. The number of pyridine rings is 1. The fraction of sp³-hybridized carbons (Fsp3) is 0.263. The van der Waals surface area contributed by atoms with E-state index in [2.05, 4.69) is 15.3 Å². The van der Waals surface area contributed by atoms with Crippen LogP contribution in [0.3, 0.4) is 0 Å². The average molecular weight is 368 g/mol. The number of halogens is 1. The Labute approximate surface area is 152 Å². The van der Waals surface area contributed by atoms with Crippen molar-refractivity contribution in [1.82, 2.24) is 14.5 Å². The summed E-state index contributed by atoms with van der Waals surface area (Å²) in [6, 6.07) is 7.35. The van der Waals surface area contributed by atoms with Crippen LogP contribution < -0.4 is 16.6 Å². The molecule has 2 heterocycles. The van der Waals surface area contributed by atoms with Crippen LogP contribution in [-0.4, -0.2) is 20.4 Å². The van der Waals surface area contributed by atoms with Crippen LogP contribution in [0.4, 0.5) is 10.1 Å². The zero-order valence-electron chi connectivity index (χ0n) is 14.6. The van der Waals surface area contributed by atoms with Crippen LogP contribution in [0.2, 0.25) is 0 Å². The number of amides is 1. The molecule has 2 N–H and O–H groups in total. The van der Waals surface area contributed by atoms with Gasteiger partial charge in [0.2, 0.25) is 0 Å². The van der Waals surface area contributed by atoms with E-state index in [0.29, 0.717) is 12.2 Å². The maximum Gasteiger partial charge on any atom is 0.329 e.